The average molecular weight is 231 g/mol. The van der Waals surface area contributed by atoms with Gasteiger partial charge in [0, 0.05) is 5.54 Å². The molecular formula is C15H21NO. The molecule has 2 heteroatoms. The minimum Gasteiger partial charge on any atom is -0.393 e. The van der Waals surface area contributed by atoms with Crippen LogP contribution in [0.5, 0.6) is 0 Å². The van der Waals surface area contributed by atoms with Gasteiger partial charge in [-0.1, -0.05) is 24.3 Å². The van der Waals surface area contributed by atoms with E-state index in [1.807, 2.05) is 7.05 Å². The maximum absolute atomic E-state index is 10.0. The molecule has 0 bridgehead atoms. The number of benzene rings is 1. The highest BCUT2D eigenvalue weighted by Crippen LogP contribution is 2.47. The Bertz CT molecular complexity index is 417. The summed E-state index contributed by atoms with van der Waals surface area (Å²) in [6.45, 7) is 0. The van der Waals surface area contributed by atoms with Crippen molar-refractivity contribution in [2.75, 3.05) is 7.05 Å². The van der Waals surface area contributed by atoms with E-state index in [2.05, 4.69) is 29.6 Å². The zero-order valence-corrected chi connectivity index (χ0v) is 10.4. The van der Waals surface area contributed by atoms with Crippen molar-refractivity contribution in [1.82, 2.24) is 5.32 Å². The van der Waals surface area contributed by atoms with Crippen molar-refractivity contribution in [3.05, 3.63) is 35.4 Å². The summed E-state index contributed by atoms with van der Waals surface area (Å²) in [5, 5.41) is 13.6. The molecule has 2 aliphatic rings. The summed E-state index contributed by atoms with van der Waals surface area (Å²) in [6.07, 6.45) is 5.28. The summed E-state index contributed by atoms with van der Waals surface area (Å²) < 4.78 is 0. The molecule has 17 heavy (non-hydrogen) atoms. The van der Waals surface area contributed by atoms with Gasteiger partial charge in [0.05, 0.1) is 6.10 Å². The van der Waals surface area contributed by atoms with E-state index in [4.69, 9.17) is 0 Å². The molecule has 1 saturated carbocycles. The van der Waals surface area contributed by atoms with Crippen LogP contribution in [0.1, 0.15) is 36.8 Å². The maximum Gasteiger partial charge on any atom is 0.0561 e. The smallest absolute Gasteiger partial charge is 0.0561 e. The van der Waals surface area contributed by atoms with E-state index in [1.165, 1.54) is 24.0 Å². The Morgan fingerprint density at radius 2 is 2.06 bits per heavy atom. The number of aliphatic hydroxyl groups is 1. The molecule has 0 radical (unpaired) electrons. The van der Waals surface area contributed by atoms with Crippen LogP contribution in [0.2, 0.25) is 0 Å². The molecule has 1 unspecified atom stereocenters. The third-order valence-corrected chi connectivity index (χ3v) is 4.81. The van der Waals surface area contributed by atoms with E-state index in [9.17, 15) is 5.11 Å². The molecule has 0 spiro atoms. The van der Waals surface area contributed by atoms with Crippen molar-refractivity contribution < 1.29 is 5.11 Å². The van der Waals surface area contributed by atoms with Crippen LogP contribution in [-0.2, 0) is 12.0 Å². The Balaban J connectivity index is 2.09. The van der Waals surface area contributed by atoms with E-state index in [0.29, 0.717) is 5.92 Å². The van der Waals surface area contributed by atoms with Gasteiger partial charge in [0.1, 0.15) is 0 Å². The summed E-state index contributed by atoms with van der Waals surface area (Å²) in [4.78, 5) is 0. The number of hydrogen-bond donors (Lipinski definition) is 2. The average Bonchev–Trinajstić information content (AvgIpc) is 2.38. The van der Waals surface area contributed by atoms with Gasteiger partial charge in [0.2, 0.25) is 0 Å². The quantitative estimate of drug-likeness (QED) is 0.776. The summed E-state index contributed by atoms with van der Waals surface area (Å²) in [5.41, 5.74) is 2.91. The number of fused-ring (bicyclic) bond motifs is 3. The first-order chi connectivity index (χ1) is 8.26. The topological polar surface area (TPSA) is 32.3 Å². The Morgan fingerprint density at radius 3 is 2.88 bits per heavy atom. The third-order valence-electron chi connectivity index (χ3n) is 4.81. The Hall–Kier alpha value is -0.860. The number of nitrogens with one attached hydrogen (secondary N) is 1. The summed E-state index contributed by atoms with van der Waals surface area (Å²) in [6, 6.07) is 8.74. The lowest BCUT2D eigenvalue weighted by molar-refractivity contribution is 0.0242. The molecule has 2 nitrogen and oxygen atoms in total. The molecule has 3 atom stereocenters. The minimum atomic E-state index is -0.148. The fraction of sp³-hybridized carbons (Fsp3) is 0.600. The van der Waals surface area contributed by atoms with Crippen LogP contribution in [0, 0.1) is 5.92 Å². The molecule has 1 fully saturated rings. The van der Waals surface area contributed by atoms with Crippen molar-refractivity contribution in [2.45, 2.75) is 43.7 Å². The van der Waals surface area contributed by atoms with E-state index < -0.39 is 0 Å². The Labute approximate surface area is 103 Å². The van der Waals surface area contributed by atoms with Gasteiger partial charge in [0.15, 0.2) is 0 Å². The van der Waals surface area contributed by atoms with Crippen LogP contribution in [0.25, 0.3) is 0 Å². The minimum absolute atomic E-state index is 0.0203. The first-order valence-corrected chi connectivity index (χ1v) is 6.71. The molecule has 0 amide bonds. The fourth-order valence-corrected chi connectivity index (χ4v) is 3.95. The SMILES string of the molecule is CN[C@@]12CC(O)CC[C@@H]1CCc1ccccc12. The van der Waals surface area contributed by atoms with E-state index in [1.54, 1.807) is 0 Å². The lowest BCUT2D eigenvalue weighted by Gasteiger charge is -2.50. The molecule has 2 N–H and O–H groups in total. The molecule has 92 valence electrons. The van der Waals surface area contributed by atoms with Crippen molar-refractivity contribution in [2.24, 2.45) is 5.92 Å². The monoisotopic (exact) mass is 231 g/mol. The zero-order valence-electron chi connectivity index (χ0n) is 10.4. The standard InChI is InChI=1S/C15H21NO/c1-16-15-10-13(17)9-8-12(15)7-6-11-4-2-3-5-14(11)15/h2-5,12-13,16-17H,6-10H2,1H3/t12-,13?,15-/m0/s1. The number of aliphatic hydroxyl groups excluding tert-OH is 1. The van der Waals surface area contributed by atoms with Crippen molar-refractivity contribution >= 4 is 0 Å². The van der Waals surface area contributed by atoms with Crippen molar-refractivity contribution in [1.29, 1.82) is 0 Å². The van der Waals surface area contributed by atoms with E-state index >= 15 is 0 Å². The molecule has 1 aromatic carbocycles. The highest BCUT2D eigenvalue weighted by atomic mass is 16.3. The van der Waals surface area contributed by atoms with Gasteiger partial charge in [-0.05, 0) is 56.2 Å². The highest BCUT2D eigenvalue weighted by molar-refractivity contribution is 5.38. The molecule has 3 rings (SSSR count). The number of aryl methyl sites for hydroxylation is 1. The normalized spacial score (nSPS) is 36.1. The second-order valence-electron chi connectivity index (χ2n) is 5.55. The van der Waals surface area contributed by atoms with Crippen LogP contribution in [0.4, 0.5) is 0 Å². The predicted molar refractivity (Wildman–Crippen MR) is 68.8 cm³/mol. The third kappa shape index (κ3) is 1.62. The Morgan fingerprint density at radius 1 is 1.24 bits per heavy atom. The van der Waals surface area contributed by atoms with E-state index in [-0.39, 0.29) is 11.6 Å². The van der Waals surface area contributed by atoms with Crippen LogP contribution in [0.3, 0.4) is 0 Å². The van der Waals surface area contributed by atoms with Gasteiger partial charge in [-0.2, -0.15) is 0 Å². The number of rotatable bonds is 1. The maximum atomic E-state index is 10.0. The summed E-state index contributed by atoms with van der Waals surface area (Å²) >= 11 is 0. The van der Waals surface area contributed by atoms with Gasteiger partial charge in [-0.25, -0.2) is 0 Å². The first kappa shape index (κ1) is 11.2. The largest absolute Gasteiger partial charge is 0.393 e. The highest BCUT2D eigenvalue weighted by Gasteiger charge is 2.46. The first-order valence-electron chi connectivity index (χ1n) is 6.71. The molecule has 0 aliphatic heterocycles. The molecule has 0 aromatic heterocycles. The molecular weight excluding hydrogens is 210 g/mol. The number of hydrogen-bond acceptors (Lipinski definition) is 2. The molecule has 0 heterocycles. The van der Waals surface area contributed by atoms with Crippen LogP contribution in [0.15, 0.2) is 24.3 Å². The van der Waals surface area contributed by atoms with E-state index in [0.717, 1.165) is 19.3 Å². The summed E-state index contributed by atoms with van der Waals surface area (Å²) in [7, 11) is 2.05. The Kier molecular flexibility index (Phi) is 2.72. The van der Waals surface area contributed by atoms with Gasteiger partial charge in [-0.15, -0.1) is 0 Å². The summed E-state index contributed by atoms with van der Waals surface area (Å²) in [5.74, 6) is 0.686. The fourth-order valence-electron chi connectivity index (χ4n) is 3.95. The molecule has 0 saturated heterocycles. The predicted octanol–water partition coefficient (Wildman–Crippen LogP) is 2.21. The van der Waals surface area contributed by atoms with Gasteiger partial charge < -0.3 is 10.4 Å². The van der Waals surface area contributed by atoms with Crippen LogP contribution >= 0.6 is 0 Å². The molecule has 1 aromatic rings. The second-order valence-corrected chi connectivity index (χ2v) is 5.55. The lowest BCUT2D eigenvalue weighted by Crippen LogP contribution is -2.54. The van der Waals surface area contributed by atoms with Gasteiger partial charge in [-0.3, -0.25) is 0 Å². The zero-order chi connectivity index (χ0) is 11.9. The lowest BCUT2D eigenvalue weighted by atomic mass is 9.62. The van der Waals surface area contributed by atoms with Crippen molar-refractivity contribution in [3.8, 4) is 0 Å². The van der Waals surface area contributed by atoms with Crippen molar-refractivity contribution in [3.63, 3.8) is 0 Å². The second kappa shape index (κ2) is 4.11. The van der Waals surface area contributed by atoms with Gasteiger partial charge in [0.25, 0.3) is 0 Å². The van der Waals surface area contributed by atoms with Gasteiger partial charge >= 0.3 is 0 Å². The molecule has 2 aliphatic carbocycles. The van der Waals surface area contributed by atoms with Crippen LogP contribution in [-0.4, -0.2) is 18.3 Å². The van der Waals surface area contributed by atoms with Crippen LogP contribution < -0.4 is 5.32 Å².